The molecule has 148 valence electrons. The third-order valence-electron chi connectivity index (χ3n) is 5.24. The van der Waals surface area contributed by atoms with Gasteiger partial charge in [-0.1, -0.05) is 121 Å². The maximum Gasteiger partial charge on any atom is -0.00549 e. The van der Waals surface area contributed by atoms with Gasteiger partial charge in [-0.3, -0.25) is 0 Å². The number of rotatable bonds is 7. The predicted octanol–water partition coefficient (Wildman–Crippen LogP) is 5.66. The van der Waals surface area contributed by atoms with Crippen LogP contribution in [-0.4, -0.2) is 11.3 Å². The van der Waals surface area contributed by atoms with Gasteiger partial charge in [0.05, 0.1) is 0 Å². The van der Waals surface area contributed by atoms with E-state index in [1.54, 1.807) is 0 Å². The van der Waals surface area contributed by atoms with E-state index in [0.717, 1.165) is 0 Å². The van der Waals surface area contributed by atoms with Crippen molar-refractivity contribution in [1.82, 2.24) is 0 Å². The van der Waals surface area contributed by atoms with E-state index in [2.05, 4.69) is 121 Å². The van der Waals surface area contributed by atoms with Crippen LogP contribution in [0.2, 0.25) is 0 Å². The Hall–Kier alpha value is -2.26. The number of hydrogen-bond donors (Lipinski definition) is 0. The topological polar surface area (TPSA) is 0 Å². The summed E-state index contributed by atoms with van der Waals surface area (Å²) in [5.74, 6) is 0. The highest BCUT2D eigenvalue weighted by Gasteiger charge is 2.32. The summed E-state index contributed by atoms with van der Waals surface area (Å²) in [7, 11) is -1.24. The van der Waals surface area contributed by atoms with Gasteiger partial charge < -0.3 is 0 Å². The van der Waals surface area contributed by atoms with Crippen molar-refractivity contribution in [3.63, 3.8) is 0 Å². The highest BCUT2D eigenvalue weighted by atomic mass is 31.1. The molecular weight excluding hydrogens is 398 g/mol. The van der Waals surface area contributed by atoms with Crippen molar-refractivity contribution >= 4 is 37.1 Å². The van der Waals surface area contributed by atoms with Gasteiger partial charge in [-0.05, 0) is 62.2 Å². The van der Waals surface area contributed by atoms with Gasteiger partial charge in [0.15, 0.2) is 0 Å². The van der Waals surface area contributed by atoms with E-state index in [-0.39, 0.29) is 11.3 Å². The minimum atomic E-state index is -0.622. The lowest BCUT2D eigenvalue weighted by atomic mass is 10.3. The maximum absolute atomic E-state index is 4.75. The first-order chi connectivity index (χ1) is 14.8. The molecule has 0 nitrogen and oxygen atoms in total. The molecule has 0 saturated carbocycles. The predicted molar refractivity (Wildman–Crippen MR) is 136 cm³/mol. The molecule has 4 aromatic carbocycles. The van der Waals surface area contributed by atoms with Crippen LogP contribution >= 0.6 is 15.8 Å². The molecule has 2 atom stereocenters. The average Bonchev–Trinajstić information content (AvgIpc) is 2.82. The molecule has 0 fully saturated rings. The third kappa shape index (κ3) is 4.73. The summed E-state index contributed by atoms with van der Waals surface area (Å²) in [6, 6.07) is 43.4. The van der Waals surface area contributed by atoms with Crippen molar-refractivity contribution in [3.8, 4) is 0 Å². The lowest BCUT2D eigenvalue weighted by Gasteiger charge is -2.35. The standard InChI is InChI=1S/C28H26P2/c1-23(29(25-15-7-3-8-16-25)26-17-9-4-10-18-26)24(2)30(27-19-11-5-12-20-27)28-21-13-6-14-22-28/h3-24H,1-2H2. The van der Waals surface area contributed by atoms with Gasteiger partial charge in [0.1, 0.15) is 0 Å². The zero-order valence-corrected chi connectivity index (χ0v) is 18.8. The Labute approximate surface area is 183 Å². The van der Waals surface area contributed by atoms with E-state index in [0.29, 0.717) is 0 Å². The molecule has 4 rings (SSSR count). The summed E-state index contributed by atoms with van der Waals surface area (Å²) in [6.45, 7) is 9.49. The molecule has 0 aliphatic heterocycles. The SMILES string of the molecule is [CH2]C(C([CH2])P(c1ccccc1)c1ccccc1)P(c1ccccc1)c1ccccc1. The molecule has 0 N–H and O–H groups in total. The smallest absolute Gasteiger partial charge is 0.00549 e. The van der Waals surface area contributed by atoms with Crippen molar-refractivity contribution < 1.29 is 0 Å². The molecule has 0 bridgehead atoms. The fourth-order valence-electron chi connectivity index (χ4n) is 3.76. The van der Waals surface area contributed by atoms with Gasteiger partial charge in [0.2, 0.25) is 0 Å². The Balaban J connectivity index is 1.77. The minimum Gasteiger partial charge on any atom is -0.0622 e. The second kappa shape index (κ2) is 10.2. The first-order valence-corrected chi connectivity index (χ1v) is 13.0. The van der Waals surface area contributed by atoms with Crippen molar-refractivity contribution in [3.05, 3.63) is 135 Å². The molecule has 0 aliphatic carbocycles. The van der Waals surface area contributed by atoms with Gasteiger partial charge >= 0.3 is 0 Å². The quantitative estimate of drug-likeness (QED) is 0.336. The molecular formula is C28H26P2. The largest absolute Gasteiger partial charge is 0.0622 e. The van der Waals surface area contributed by atoms with E-state index in [4.69, 9.17) is 13.8 Å². The fraction of sp³-hybridized carbons (Fsp3) is 0.0714. The zero-order valence-electron chi connectivity index (χ0n) is 17.0. The first-order valence-electron chi connectivity index (χ1n) is 10.2. The summed E-state index contributed by atoms with van der Waals surface area (Å²) >= 11 is 0. The van der Waals surface area contributed by atoms with Crippen molar-refractivity contribution in [2.75, 3.05) is 0 Å². The van der Waals surface area contributed by atoms with Crippen LogP contribution in [0.4, 0.5) is 0 Å². The second-order valence-corrected chi connectivity index (χ2v) is 12.1. The molecule has 2 heteroatoms. The Bertz CT molecular complexity index is 851. The van der Waals surface area contributed by atoms with Gasteiger partial charge in [0, 0.05) is 0 Å². The summed E-state index contributed by atoms with van der Waals surface area (Å²) in [5.41, 5.74) is 0.382. The number of benzene rings is 4. The minimum absolute atomic E-state index is 0.191. The van der Waals surface area contributed by atoms with Gasteiger partial charge in [0.25, 0.3) is 0 Å². The van der Waals surface area contributed by atoms with Crippen LogP contribution in [0.5, 0.6) is 0 Å². The van der Waals surface area contributed by atoms with Gasteiger partial charge in [-0.15, -0.1) is 0 Å². The molecule has 0 saturated heterocycles. The summed E-state index contributed by atoms with van der Waals surface area (Å²) in [5, 5.41) is 5.46. The lowest BCUT2D eigenvalue weighted by molar-refractivity contribution is 1.07. The zero-order chi connectivity index (χ0) is 20.8. The highest BCUT2D eigenvalue weighted by molar-refractivity contribution is 7.77. The van der Waals surface area contributed by atoms with Crippen LogP contribution in [-0.2, 0) is 0 Å². The highest BCUT2D eigenvalue weighted by Crippen LogP contribution is 2.50. The maximum atomic E-state index is 4.75. The Morgan fingerprint density at radius 3 is 0.767 bits per heavy atom. The van der Waals surface area contributed by atoms with Crippen LogP contribution in [0.15, 0.2) is 121 Å². The van der Waals surface area contributed by atoms with Crippen LogP contribution < -0.4 is 21.2 Å². The molecule has 4 aromatic rings. The lowest BCUT2D eigenvalue weighted by Crippen LogP contribution is -2.32. The first kappa shape index (κ1) is 21.0. The van der Waals surface area contributed by atoms with Gasteiger partial charge in [-0.2, -0.15) is 0 Å². The molecule has 0 aliphatic rings. The molecule has 2 radical (unpaired) electrons. The van der Waals surface area contributed by atoms with Gasteiger partial charge in [-0.25, -0.2) is 0 Å². The van der Waals surface area contributed by atoms with Crippen molar-refractivity contribution in [1.29, 1.82) is 0 Å². The summed E-state index contributed by atoms with van der Waals surface area (Å²) in [4.78, 5) is 0. The summed E-state index contributed by atoms with van der Waals surface area (Å²) < 4.78 is 0. The average molecular weight is 424 g/mol. The molecule has 2 unspecified atom stereocenters. The van der Waals surface area contributed by atoms with Crippen molar-refractivity contribution in [2.45, 2.75) is 11.3 Å². The Kier molecular flexibility index (Phi) is 7.11. The van der Waals surface area contributed by atoms with Crippen LogP contribution in [0.3, 0.4) is 0 Å². The Morgan fingerprint density at radius 2 is 0.567 bits per heavy atom. The molecule has 0 aromatic heterocycles. The fourth-order valence-corrected chi connectivity index (χ4v) is 9.35. The van der Waals surface area contributed by atoms with E-state index in [1.807, 2.05) is 0 Å². The van der Waals surface area contributed by atoms with Crippen LogP contribution in [0.25, 0.3) is 0 Å². The van der Waals surface area contributed by atoms with E-state index in [9.17, 15) is 0 Å². The van der Waals surface area contributed by atoms with Crippen molar-refractivity contribution in [2.24, 2.45) is 0 Å². The third-order valence-corrected chi connectivity index (χ3v) is 10.9. The van der Waals surface area contributed by atoms with E-state index < -0.39 is 15.8 Å². The molecule has 0 spiro atoms. The second-order valence-electron chi connectivity index (χ2n) is 7.22. The molecule has 0 heterocycles. The van der Waals surface area contributed by atoms with E-state index in [1.165, 1.54) is 21.2 Å². The monoisotopic (exact) mass is 424 g/mol. The normalized spacial score (nSPS) is 13.3. The summed E-state index contributed by atoms with van der Waals surface area (Å²) in [6.07, 6.45) is 0. The Morgan fingerprint density at radius 1 is 0.367 bits per heavy atom. The van der Waals surface area contributed by atoms with Crippen LogP contribution in [0, 0.1) is 13.8 Å². The van der Waals surface area contributed by atoms with E-state index >= 15 is 0 Å². The van der Waals surface area contributed by atoms with Crippen LogP contribution in [0.1, 0.15) is 0 Å². The molecule has 0 amide bonds. The molecule has 30 heavy (non-hydrogen) atoms. The number of hydrogen-bond acceptors (Lipinski definition) is 0.